The summed E-state index contributed by atoms with van der Waals surface area (Å²) < 4.78 is 24.2. The maximum Gasteiger partial charge on any atom is 0.295 e. The predicted octanol–water partition coefficient (Wildman–Crippen LogP) is 4.51. The number of ether oxygens (including phenoxy) is 2. The third-order valence-electron chi connectivity index (χ3n) is 5.53. The molecule has 1 fully saturated rings. The molecule has 1 atom stereocenters. The van der Waals surface area contributed by atoms with Gasteiger partial charge in [-0.1, -0.05) is 29.8 Å². The summed E-state index contributed by atoms with van der Waals surface area (Å²) in [6.07, 6.45) is 3.17. The van der Waals surface area contributed by atoms with E-state index in [4.69, 9.17) is 21.1 Å². The Morgan fingerprint density at radius 3 is 2.44 bits per heavy atom. The molecule has 174 valence electrons. The molecule has 2 aromatic carbocycles. The van der Waals surface area contributed by atoms with Crippen molar-refractivity contribution in [1.82, 2.24) is 9.88 Å². The van der Waals surface area contributed by atoms with Gasteiger partial charge in [0.15, 0.2) is 0 Å². The first kappa shape index (κ1) is 23.3. The number of nitrogens with zero attached hydrogens (tertiary/aromatic N) is 2. The number of carbonyl (C=O) groups excluding carboxylic acids is 2. The first-order valence-electron chi connectivity index (χ1n) is 10.2. The van der Waals surface area contributed by atoms with Crippen LogP contribution in [-0.4, -0.2) is 40.9 Å². The monoisotopic (exact) mass is 482 g/mol. The number of methoxy groups -OCH3 is 2. The number of likely N-dealkylation sites (tertiary alicyclic amines) is 1. The molecule has 1 aliphatic heterocycles. The molecular weight excluding hydrogens is 463 g/mol. The van der Waals surface area contributed by atoms with Gasteiger partial charge < -0.3 is 19.5 Å². The predicted molar refractivity (Wildman–Crippen MR) is 123 cm³/mol. The summed E-state index contributed by atoms with van der Waals surface area (Å²) in [6, 6.07) is 10.7. The van der Waals surface area contributed by atoms with Gasteiger partial charge in [-0.25, -0.2) is 4.39 Å². The summed E-state index contributed by atoms with van der Waals surface area (Å²) in [5, 5.41) is 11.6. The smallest absolute Gasteiger partial charge is 0.295 e. The number of hydrogen-bond donors (Lipinski definition) is 1. The largest absolute Gasteiger partial charge is 0.507 e. The van der Waals surface area contributed by atoms with Crippen LogP contribution >= 0.6 is 11.6 Å². The number of aliphatic hydroxyl groups is 1. The van der Waals surface area contributed by atoms with Crippen LogP contribution in [0.25, 0.3) is 5.76 Å². The number of halogens is 2. The Kier molecular flexibility index (Phi) is 6.51. The number of pyridine rings is 1. The summed E-state index contributed by atoms with van der Waals surface area (Å²) >= 11 is 6.18. The molecule has 2 heterocycles. The zero-order valence-corrected chi connectivity index (χ0v) is 19.0. The highest BCUT2D eigenvalue weighted by atomic mass is 35.5. The fourth-order valence-corrected chi connectivity index (χ4v) is 4.14. The maximum absolute atomic E-state index is 13.7. The second kappa shape index (κ2) is 9.52. The van der Waals surface area contributed by atoms with Gasteiger partial charge in [0.25, 0.3) is 11.7 Å². The van der Waals surface area contributed by atoms with Crippen LogP contribution < -0.4 is 9.47 Å². The quantitative estimate of drug-likeness (QED) is 0.316. The van der Waals surface area contributed by atoms with Crippen LogP contribution in [0.3, 0.4) is 0 Å². The summed E-state index contributed by atoms with van der Waals surface area (Å²) in [7, 11) is 2.79. The molecule has 1 N–H and O–H groups in total. The molecule has 3 aromatic rings. The van der Waals surface area contributed by atoms with E-state index < -0.39 is 29.3 Å². The zero-order chi connectivity index (χ0) is 24.4. The Morgan fingerprint density at radius 2 is 1.82 bits per heavy atom. The van der Waals surface area contributed by atoms with Gasteiger partial charge in [0.2, 0.25) is 0 Å². The van der Waals surface area contributed by atoms with Crippen molar-refractivity contribution in [1.29, 1.82) is 0 Å². The van der Waals surface area contributed by atoms with Crippen molar-refractivity contribution in [2.24, 2.45) is 0 Å². The molecule has 0 saturated carbocycles. The van der Waals surface area contributed by atoms with E-state index in [2.05, 4.69) is 4.98 Å². The average Bonchev–Trinajstić information content (AvgIpc) is 3.09. The van der Waals surface area contributed by atoms with Crippen molar-refractivity contribution < 1.29 is 28.6 Å². The van der Waals surface area contributed by atoms with Crippen molar-refractivity contribution in [3.63, 3.8) is 0 Å². The highest BCUT2D eigenvalue weighted by Gasteiger charge is 2.46. The number of aliphatic hydroxyl groups excluding tert-OH is 1. The highest BCUT2D eigenvalue weighted by Crippen LogP contribution is 2.43. The number of rotatable bonds is 6. The average molecular weight is 483 g/mol. The van der Waals surface area contributed by atoms with Gasteiger partial charge in [-0.3, -0.25) is 14.6 Å². The van der Waals surface area contributed by atoms with E-state index >= 15 is 0 Å². The van der Waals surface area contributed by atoms with Crippen LogP contribution in [0.2, 0.25) is 5.02 Å². The number of hydrogen-bond acceptors (Lipinski definition) is 6. The lowest BCUT2D eigenvalue weighted by atomic mass is 9.94. The Hall–Kier alpha value is -3.91. The third kappa shape index (κ3) is 4.20. The van der Waals surface area contributed by atoms with Gasteiger partial charge in [0, 0.05) is 25.0 Å². The molecule has 1 saturated heterocycles. The Morgan fingerprint density at radius 1 is 1.12 bits per heavy atom. The maximum atomic E-state index is 13.7. The van der Waals surface area contributed by atoms with Crippen LogP contribution in [0.5, 0.6) is 11.5 Å². The molecule has 0 aliphatic carbocycles. The summed E-state index contributed by atoms with van der Waals surface area (Å²) in [5.41, 5.74) is 1.09. The SMILES string of the molecule is COc1cc(/C(O)=C2\C(=O)C(=O)N(Cc3cccnc3)C2c2ccc(F)cc2)c(OC)cc1Cl. The summed E-state index contributed by atoms with van der Waals surface area (Å²) in [4.78, 5) is 31.7. The number of amides is 1. The molecular formula is C25H20ClFN2O5. The molecule has 9 heteroatoms. The molecule has 1 aliphatic rings. The van der Waals surface area contributed by atoms with E-state index in [0.717, 1.165) is 0 Å². The van der Waals surface area contributed by atoms with E-state index in [-0.39, 0.29) is 34.2 Å². The Labute approximate surface area is 200 Å². The first-order valence-corrected chi connectivity index (χ1v) is 10.6. The van der Waals surface area contributed by atoms with Gasteiger partial charge in [0.1, 0.15) is 23.1 Å². The molecule has 34 heavy (non-hydrogen) atoms. The zero-order valence-electron chi connectivity index (χ0n) is 18.3. The number of benzene rings is 2. The second-order valence-electron chi connectivity index (χ2n) is 7.53. The van der Waals surface area contributed by atoms with Gasteiger partial charge in [-0.2, -0.15) is 0 Å². The van der Waals surface area contributed by atoms with E-state index in [1.54, 1.807) is 24.5 Å². The molecule has 7 nitrogen and oxygen atoms in total. The van der Waals surface area contributed by atoms with Gasteiger partial charge >= 0.3 is 0 Å². The Bertz CT molecular complexity index is 1280. The summed E-state index contributed by atoms with van der Waals surface area (Å²) in [6.45, 7) is 0.0539. The number of ketones is 1. The number of aromatic nitrogens is 1. The van der Waals surface area contributed by atoms with Crippen molar-refractivity contribution in [2.75, 3.05) is 14.2 Å². The van der Waals surface area contributed by atoms with E-state index in [1.807, 2.05) is 0 Å². The fraction of sp³-hybridized carbons (Fsp3) is 0.160. The topological polar surface area (TPSA) is 89.0 Å². The van der Waals surface area contributed by atoms with Crippen LogP contribution in [0, 0.1) is 5.82 Å². The number of carbonyl (C=O) groups is 2. The molecule has 4 rings (SSSR count). The molecule has 1 amide bonds. The highest BCUT2D eigenvalue weighted by molar-refractivity contribution is 6.46. The summed E-state index contributed by atoms with van der Waals surface area (Å²) in [5.74, 6) is -2.21. The fourth-order valence-electron chi connectivity index (χ4n) is 3.91. The van der Waals surface area contributed by atoms with Crippen LogP contribution in [0.15, 0.2) is 66.5 Å². The van der Waals surface area contributed by atoms with Crippen LogP contribution in [-0.2, 0) is 16.1 Å². The lowest BCUT2D eigenvalue weighted by Gasteiger charge is -2.25. The van der Waals surface area contributed by atoms with Crippen molar-refractivity contribution in [3.05, 3.63) is 94.0 Å². The Balaban J connectivity index is 1.92. The molecule has 1 unspecified atom stereocenters. The lowest BCUT2D eigenvalue weighted by molar-refractivity contribution is -0.140. The van der Waals surface area contributed by atoms with Crippen LogP contribution in [0.4, 0.5) is 4.39 Å². The lowest BCUT2D eigenvalue weighted by Crippen LogP contribution is -2.29. The molecule has 0 bridgehead atoms. The van der Waals surface area contributed by atoms with Gasteiger partial charge in [-0.05, 0) is 35.4 Å². The minimum absolute atomic E-state index is 0.0539. The molecule has 1 aromatic heterocycles. The minimum Gasteiger partial charge on any atom is -0.507 e. The van der Waals surface area contributed by atoms with E-state index in [1.165, 1.54) is 55.5 Å². The number of Topliss-reactive ketones (excluding diaryl/α,β-unsaturated/α-hetero) is 1. The van der Waals surface area contributed by atoms with Crippen molar-refractivity contribution in [2.45, 2.75) is 12.6 Å². The molecule has 0 spiro atoms. The minimum atomic E-state index is -0.979. The van der Waals surface area contributed by atoms with E-state index in [9.17, 15) is 19.1 Å². The van der Waals surface area contributed by atoms with Gasteiger partial charge in [0.05, 0.1) is 36.4 Å². The standard InChI is InChI=1S/C25H20ClFN2O5/c1-33-19-11-18(26)20(34-2)10-17(19)23(30)21-22(15-5-7-16(27)8-6-15)29(25(32)24(21)31)13-14-4-3-9-28-12-14/h3-12,22,30H,13H2,1-2H3/b23-21+. The van der Waals surface area contributed by atoms with Gasteiger partial charge in [-0.15, -0.1) is 0 Å². The van der Waals surface area contributed by atoms with E-state index in [0.29, 0.717) is 11.1 Å². The molecule has 0 radical (unpaired) electrons. The second-order valence-corrected chi connectivity index (χ2v) is 7.93. The third-order valence-corrected chi connectivity index (χ3v) is 5.83. The van der Waals surface area contributed by atoms with Crippen molar-refractivity contribution >= 4 is 29.1 Å². The van der Waals surface area contributed by atoms with Crippen molar-refractivity contribution in [3.8, 4) is 11.5 Å². The first-order chi connectivity index (χ1) is 16.3. The normalized spacial score (nSPS) is 17.2. The van der Waals surface area contributed by atoms with Crippen LogP contribution in [0.1, 0.15) is 22.7 Å².